The van der Waals surface area contributed by atoms with Gasteiger partial charge >= 0.3 is 0 Å². The fourth-order valence-corrected chi connectivity index (χ4v) is 3.51. The number of aliphatic hydroxyl groups is 2. The van der Waals surface area contributed by atoms with Gasteiger partial charge in [-0.05, 0) is 36.8 Å². The van der Waals surface area contributed by atoms with E-state index < -0.39 is 0 Å². The third kappa shape index (κ3) is 12.0. The Bertz CT molecular complexity index is 729. The normalized spacial score (nSPS) is 22.9. The van der Waals surface area contributed by atoms with Crippen LogP contribution in [0, 0.1) is 5.92 Å². The lowest BCUT2D eigenvalue weighted by Gasteiger charge is -2.37. The summed E-state index contributed by atoms with van der Waals surface area (Å²) in [4.78, 5) is 2.36. The highest BCUT2D eigenvalue weighted by atomic mass is 35.5. The molecule has 0 amide bonds. The zero-order valence-corrected chi connectivity index (χ0v) is 20.7. The second kappa shape index (κ2) is 16.2. The molecule has 2 aromatic rings. The Balaban J connectivity index is 0.000000198. The highest BCUT2D eigenvalue weighted by Gasteiger charge is 2.25. The summed E-state index contributed by atoms with van der Waals surface area (Å²) in [6.45, 7) is 7.97. The zero-order chi connectivity index (χ0) is 23.9. The van der Waals surface area contributed by atoms with Crippen LogP contribution >= 0.6 is 11.6 Å². The molecule has 2 aliphatic rings. The van der Waals surface area contributed by atoms with Crippen molar-refractivity contribution in [3.05, 3.63) is 71.8 Å². The van der Waals surface area contributed by atoms with Crippen molar-refractivity contribution in [1.29, 1.82) is 0 Å². The van der Waals surface area contributed by atoms with Crippen LogP contribution in [-0.4, -0.2) is 72.2 Å². The quantitative estimate of drug-likeness (QED) is 0.442. The van der Waals surface area contributed by atoms with E-state index in [1.807, 2.05) is 12.1 Å². The maximum absolute atomic E-state index is 9.11. The summed E-state index contributed by atoms with van der Waals surface area (Å²) < 4.78 is 10.2. The molecule has 5 nitrogen and oxygen atoms in total. The van der Waals surface area contributed by atoms with Gasteiger partial charge in [-0.15, -0.1) is 11.6 Å². The van der Waals surface area contributed by atoms with E-state index in [0.717, 1.165) is 32.5 Å². The molecule has 4 rings (SSSR count). The van der Waals surface area contributed by atoms with Crippen LogP contribution in [0.2, 0.25) is 0 Å². The van der Waals surface area contributed by atoms with Crippen molar-refractivity contribution < 1.29 is 19.7 Å². The van der Waals surface area contributed by atoms with E-state index in [4.69, 9.17) is 31.3 Å². The molecule has 33 heavy (non-hydrogen) atoms. The van der Waals surface area contributed by atoms with Gasteiger partial charge in [0.25, 0.3) is 0 Å². The number of ether oxygens (including phenoxy) is 2. The first-order chi connectivity index (χ1) is 16.0. The molecule has 2 aliphatic heterocycles. The third-order valence-corrected chi connectivity index (χ3v) is 6.07. The van der Waals surface area contributed by atoms with Gasteiger partial charge in [0, 0.05) is 25.7 Å². The van der Waals surface area contributed by atoms with E-state index >= 15 is 0 Å². The third-order valence-electron chi connectivity index (χ3n) is 5.72. The van der Waals surface area contributed by atoms with Gasteiger partial charge in [0.1, 0.15) is 0 Å². The number of alkyl halides is 1. The van der Waals surface area contributed by atoms with Crippen LogP contribution in [-0.2, 0) is 22.4 Å². The van der Waals surface area contributed by atoms with Crippen LogP contribution in [0.5, 0.6) is 0 Å². The SMILES string of the molecule is C[C@@H](CO)CCc1ccccc1.C[C@H]1CO[C@H](CO)CN1Cc1ccccc1.ClC[C@H]1CO1. The number of nitrogens with zero attached hydrogens (tertiary/aromatic N) is 1. The number of epoxide rings is 1. The number of halogens is 1. The summed E-state index contributed by atoms with van der Waals surface area (Å²) in [5.74, 6) is 1.09. The van der Waals surface area contributed by atoms with Crippen molar-refractivity contribution in [2.75, 3.05) is 38.9 Å². The minimum atomic E-state index is -0.0279. The van der Waals surface area contributed by atoms with E-state index in [1.165, 1.54) is 11.1 Å². The first-order valence-corrected chi connectivity index (χ1v) is 12.4. The van der Waals surface area contributed by atoms with Crippen LogP contribution in [0.15, 0.2) is 60.7 Å². The number of benzene rings is 2. The molecule has 0 aliphatic carbocycles. The zero-order valence-electron chi connectivity index (χ0n) is 20.0. The number of rotatable bonds is 8. The molecule has 0 bridgehead atoms. The average Bonchev–Trinajstić information content (AvgIpc) is 3.71. The van der Waals surface area contributed by atoms with Gasteiger partial charge < -0.3 is 19.7 Å². The van der Waals surface area contributed by atoms with Crippen molar-refractivity contribution in [1.82, 2.24) is 4.90 Å². The summed E-state index contributed by atoms with van der Waals surface area (Å²) in [6, 6.07) is 21.2. The summed E-state index contributed by atoms with van der Waals surface area (Å²) >= 11 is 5.27. The summed E-state index contributed by atoms with van der Waals surface area (Å²) in [5, 5.41) is 17.9. The van der Waals surface area contributed by atoms with Crippen molar-refractivity contribution in [2.24, 2.45) is 5.92 Å². The Morgan fingerprint density at radius 3 is 2.03 bits per heavy atom. The summed E-state index contributed by atoms with van der Waals surface area (Å²) in [7, 11) is 0. The molecular weight excluding hydrogens is 438 g/mol. The lowest BCUT2D eigenvalue weighted by molar-refractivity contribution is -0.0805. The number of hydrogen-bond acceptors (Lipinski definition) is 5. The van der Waals surface area contributed by atoms with Crippen LogP contribution in [0.1, 0.15) is 31.4 Å². The van der Waals surface area contributed by atoms with E-state index in [-0.39, 0.29) is 12.7 Å². The Labute approximate surface area is 204 Å². The second-order valence-electron chi connectivity index (χ2n) is 8.82. The number of aryl methyl sites for hydroxylation is 1. The molecule has 2 aromatic carbocycles. The second-order valence-corrected chi connectivity index (χ2v) is 9.13. The summed E-state index contributed by atoms with van der Waals surface area (Å²) in [6.07, 6.45) is 2.51. The molecule has 184 valence electrons. The van der Waals surface area contributed by atoms with E-state index in [0.29, 0.717) is 37.2 Å². The highest BCUT2D eigenvalue weighted by Crippen LogP contribution is 2.15. The Morgan fingerprint density at radius 2 is 1.55 bits per heavy atom. The van der Waals surface area contributed by atoms with Crippen molar-refractivity contribution in [3.8, 4) is 0 Å². The fraction of sp³-hybridized carbons (Fsp3) is 0.556. The average molecular weight is 478 g/mol. The van der Waals surface area contributed by atoms with Gasteiger partial charge in [-0.3, -0.25) is 4.90 Å². The van der Waals surface area contributed by atoms with Gasteiger partial charge in [-0.25, -0.2) is 0 Å². The van der Waals surface area contributed by atoms with Gasteiger partial charge in [0.2, 0.25) is 0 Å². The number of aliphatic hydroxyl groups excluding tert-OH is 2. The molecule has 2 N–H and O–H groups in total. The summed E-state index contributed by atoms with van der Waals surface area (Å²) in [5.41, 5.74) is 2.67. The molecule has 0 saturated carbocycles. The molecular formula is C27H40ClNO4. The fourth-order valence-electron chi connectivity index (χ4n) is 3.33. The van der Waals surface area contributed by atoms with E-state index in [2.05, 4.69) is 67.3 Å². The first-order valence-electron chi connectivity index (χ1n) is 11.9. The molecule has 4 atom stereocenters. The maximum Gasteiger partial charge on any atom is 0.0944 e. The Kier molecular flexibility index (Phi) is 13.6. The number of morpholine rings is 1. The predicted molar refractivity (Wildman–Crippen MR) is 135 cm³/mol. The molecule has 2 fully saturated rings. The monoisotopic (exact) mass is 477 g/mol. The predicted octanol–water partition coefficient (Wildman–Crippen LogP) is 4.14. The van der Waals surface area contributed by atoms with Crippen molar-refractivity contribution in [2.45, 2.75) is 51.5 Å². The smallest absolute Gasteiger partial charge is 0.0944 e. The van der Waals surface area contributed by atoms with Crippen LogP contribution in [0.4, 0.5) is 0 Å². The molecule has 6 heteroatoms. The van der Waals surface area contributed by atoms with Gasteiger partial charge in [0.05, 0.1) is 37.9 Å². The molecule has 0 aromatic heterocycles. The van der Waals surface area contributed by atoms with E-state index in [1.54, 1.807) is 0 Å². The van der Waals surface area contributed by atoms with Crippen molar-refractivity contribution >= 4 is 11.6 Å². The molecule has 0 unspecified atom stereocenters. The highest BCUT2D eigenvalue weighted by molar-refractivity contribution is 6.18. The lowest BCUT2D eigenvalue weighted by atomic mass is 10.0. The van der Waals surface area contributed by atoms with Crippen LogP contribution in [0.3, 0.4) is 0 Å². The topological polar surface area (TPSA) is 65.5 Å². The van der Waals surface area contributed by atoms with Crippen molar-refractivity contribution in [3.63, 3.8) is 0 Å². The van der Waals surface area contributed by atoms with Crippen LogP contribution in [0.25, 0.3) is 0 Å². The minimum Gasteiger partial charge on any atom is -0.396 e. The van der Waals surface area contributed by atoms with Gasteiger partial charge in [-0.2, -0.15) is 0 Å². The van der Waals surface area contributed by atoms with Gasteiger partial charge in [-0.1, -0.05) is 67.6 Å². The first kappa shape index (κ1) is 27.8. The largest absolute Gasteiger partial charge is 0.396 e. The van der Waals surface area contributed by atoms with Gasteiger partial charge in [0.15, 0.2) is 0 Å². The molecule has 0 spiro atoms. The minimum absolute atomic E-state index is 0.0279. The lowest BCUT2D eigenvalue weighted by Crippen LogP contribution is -2.48. The Hall–Kier alpha value is -1.47. The van der Waals surface area contributed by atoms with Crippen LogP contribution < -0.4 is 0 Å². The standard InChI is InChI=1S/C13H19NO2.C11H16O.C3H5ClO/c1-11-10-16-13(9-15)8-14(11)7-12-5-3-2-4-6-12;1-10(9-12)7-8-11-5-3-2-4-6-11;4-1-3-2-5-3/h2-6,11,13,15H,7-10H2,1H3;2-6,10,12H,7-9H2,1H3;3H,1-2H2/t11-,13-;10-;3-/m010/s1. The maximum atomic E-state index is 9.11. The van der Waals surface area contributed by atoms with E-state index in [9.17, 15) is 0 Å². The molecule has 0 radical (unpaired) electrons. The number of hydrogen-bond donors (Lipinski definition) is 2. The Morgan fingerprint density at radius 1 is 0.939 bits per heavy atom. The molecule has 2 saturated heterocycles. The molecule has 2 heterocycles.